The zero-order valence-corrected chi connectivity index (χ0v) is 10.9. The molecule has 0 radical (unpaired) electrons. The Morgan fingerprint density at radius 2 is 2.21 bits per heavy atom. The molecule has 5 nitrogen and oxygen atoms in total. The normalized spacial score (nSPS) is 10.2. The maximum absolute atomic E-state index is 13.8. The molecule has 1 heterocycles. The Kier molecular flexibility index (Phi) is 3.57. The Bertz CT molecular complexity index is 653. The Morgan fingerprint density at radius 3 is 2.74 bits per heavy atom. The van der Waals surface area contributed by atoms with Gasteiger partial charge in [-0.3, -0.25) is 9.48 Å². The lowest BCUT2D eigenvalue weighted by Crippen LogP contribution is -2.17. The highest BCUT2D eigenvalue weighted by Gasteiger charge is 2.13. The van der Waals surface area contributed by atoms with Crippen LogP contribution in [0.2, 0.25) is 0 Å². The summed E-state index contributed by atoms with van der Waals surface area (Å²) in [5.41, 5.74) is 6.20. The van der Waals surface area contributed by atoms with Gasteiger partial charge in [-0.2, -0.15) is 5.10 Å². The average molecular weight is 278 g/mol. The molecule has 0 aliphatic carbocycles. The highest BCUT2D eigenvalue weighted by molar-refractivity contribution is 7.80. The van der Waals surface area contributed by atoms with E-state index in [2.05, 4.69) is 10.4 Å². The van der Waals surface area contributed by atoms with Gasteiger partial charge in [-0.25, -0.2) is 4.39 Å². The quantitative estimate of drug-likeness (QED) is 0.833. The molecule has 0 unspecified atom stereocenters. The lowest BCUT2D eigenvalue weighted by atomic mass is 10.2. The summed E-state index contributed by atoms with van der Waals surface area (Å²) in [5, 5.41) is 6.33. The topological polar surface area (TPSA) is 72.9 Å². The number of thiocarbonyl (C=S) groups is 1. The zero-order valence-electron chi connectivity index (χ0n) is 10.1. The summed E-state index contributed by atoms with van der Waals surface area (Å²) in [7, 11) is 1.63. The second kappa shape index (κ2) is 5.15. The fraction of sp³-hybridized carbons (Fsp3) is 0.0833. The maximum Gasteiger partial charge on any atom is 0.273 e. The summed E-state index contributed by atoms with van der Waals surface area (Å²) in [6.07, 6.45) is 1.49. The number of hydrogen-bond acceptors (Lipinski definition) is 3. The molecule has 0 fully saturated rings. The van der Waals surface area contributed by atoms with Crippen molar-refractivity contribution >= 4 is 28.8 Å². The second-order valence-corrected chi connectivity index (χ2v) is 4.29. The van der Waals surface area contributed by atoms with Gasteiger partial charge in [0.05, 0.1) is 5.69 Å². The number of anilines is 1. The van der Waals surface area contributed by atoms with Crippen molar-refractivity contribution in [3.63, 3.8) is 0 Å². The first-order valence-corrected chi connectivity index (χ1v) is 5.78. The fourth-order valence-electron chi connectivity index (χ4n) is 1.55. The number of benzene rings is 1. The number of aryl methyl sites for hydroxylation is 1. The lowest BCUT2D eigenvalue weighted by molar-refractivity contribution is 0.101. The van der Waals surface area contributed by atoms with Crippen molar-refractivity contribution in [3.8, 4) is 0 Å². The van der Waals surface area contributed by atoms with E-state index in [1.807, 2.05) is 0 Å². The molecule has 0 bridgehead atoms. The first-order chi connectivity index (χ1) is 8.99. The number of amides is 1. The number of aromatic nitrogens is 2. The van der Waals surface area contributed by atoms with Crippen LogP contribution in [0.1, 0.15) is 16.1 Å². The van der Waals surface area contributed by atoms with Crippen LogP contribution in [0, 0.1) is 5.82 Å². The predicted octanol–water partition coefficient (Wildman–Crippen LogP) is 1.45. The molecule has 1 amide bonds. The standard InChI is InChI=1S/C12H11FN4OS/c1-17-10(4-5-15-17)12(18)16-9-3-2-7(11(14)19)6-8(9)13/h2-6H,1H3,(H2,14,19)(H,16,18). The van der Waals surface area contributed by atoms with Crippen LogP contribution < -0.4 is 11.1 Å². The molecule has 0 aliphatic heterocycles. The van der Waals surface area contributed by atoms with Crippen LogP contribution >= 0.6 is 12.2 Å². The van der Waals surface area contributed by atoms with Gasteiger partial charge in [0.15, 0.2) is 0 Å². The summed E-state index contributed by atoms with van der Waals surface area (Å²) in [5.74, 6) is -1.04. The first kappa shape index (κ1) is 13.2. The van der Waals surface area contributed by atoms with Gasteiger partial charge in [-0.1, -0.05) is 12.2 Å². The number of hydrogen-bond donors (Lipinski definition) is 2. The number of carbonyl (C=O) groups excluding carboxylic acids is 1. The van der Waals surface area contributed by atoms with Crippen LogP contribution in [-0.2, 0) is 7.05 Å². The molecule has 2 aromatic rings. The van der Waals surface area contributed by atoms with Crippen LogP contribution in [0.15, 0.2) is 30.5 Å². The van der Waals surface area contributed by atoms with Gasteiger partial charge in [-0.05, 0) is 24.3 Å². The monoisotopic (exact) mass is 278 g/mol. The third kappa shape index (κ3) is 2.76. The highest BCUT2D eigenvalue weighted by atomic mass is 32.1. The molecule has 7 heteroatoms. The van der Waals surface area contributed by atoms with Gasteiger partial charge in [0.2, 0.25) is 0 Å². The smallest absolute Gasteiger partial charge is 0.273 e. The molecular weight excluding hydrogens is 267 g/mol. The van der Waals surface area contributed by atoms with Crippen molar-refractivity contribution in [1.82, 2.24) is 9.78 Å². The molecule has 1 aromatic carbocycles. The number of carbonyl (C=O) groups is 1. The number of nitrogens with zero attached hydrogens (tertiary/aromatic N) is 2. The van der Waals surface area contributed by atoms with Gasteiger partial charge in [0.1, 0.15) is 16.5 Å². The third-order valence-corrected chi connectivity index (χ3v) is 2.79. The molecule has 2 rings (SSSR count). The highest BCUT2D eigenvalue weighted by Crippen LogP contribution is 2.16. The molecule has 0 saturated heterocycles. The largest absolute Gasteiger partial charge is 0.389 e. The minimum atomic E-state index is -0.596. The minimum Gasteiger partial charge on any atom is -0.389 e. The van der Waals surface area contributed by atoms with E-state index in [-0.39, 0.29) is 10.7 Å². The fourth-order valence-corrected chi connectivity index (χ4v) is 1.68. The van der Waals surface area contributed by atoms with E-state index in [0.717, 1.165) is 0 Å². The van der Waals surface area contributed by atoms with Crippen molar-refractivity contribution < 1.29 is 9.18 Å². The first-order valence-electron chi connectivity index (χ1n) is 5.37. The van der Waals surface area contributed by atoms with Crippen molar-refractivity contribution in [2.45, 2.75) is 0 Å². The summed E-state index contributed by atoms with van der Waals surface area (Å²) in [6.45, 7) is 0. The molecule has 0 atom stereocenters. The van der Waals surface area contributed by atoms with E-state index in [9.17, 15) is 9.18 Å². The maximum atomic E-state index is 13.8. The minimum absolute atomic E-state index is 0.0613. The van der Waals surface area contributed by atoms with Crippen molar-refractivity contribution in [1.29, 1.82) is 0 Å². The van der Waals surface area contributed by atoms with E-state index in [0.29, 0.717) is 11.3 Å². The van der Waals surface area contributed by atoms with Crippen LogP contribution in [0.5, 0.6) is 0 Å². The van der Waals surface area contributed by atoms with Gasteiger partial charge < -0.3 is 11.1 Å². The molecular formula is C12H11FN4OS. The molecule has 98 valence electrons. The molecule has 1 aromatic heterocycles. The van der Waals surface area contributed by atoms with Crippen molar-refractivity contribution in [3.05, 3.63) is 47.5 Å². The summed E-state index contributed by atoms with van der Waals surface area (Å²) in [4.78, 5) is 12.0. The van der Waals surface area contributed by atoms with Gasteiger partial charge in [0.25, 0.3) is 5.91 Å². The number of halogens is 1. The van der Waals surface area contributed by atoms with E-state index >= 15 is 0 Å². The third-order valence-electron chi connectivity index (χ3n) is 2.56. The van der Waals surface area contributed by atoms with Gasteiger partial charge in [0, 0.05) is 18.8 Å². The van der Waals surface area contributed by atoms with Crippen LogP contribution in [-0.4, -0.2) is 20.7 Å². The van der Waals surface area contributed by atoms with Crippen LogP contribution in [0.4, 0.5) is 10.1 Å². The number of nitrogens with one attached hydrogen (secondary N) is 1. The zero-order chi connectivity index (χ0) is 14.0. The number of rotatable bonds is 3. The second-order valence-electron chi connectivity index (χ2n) is 3.85. The van der Waals surface area contributed by atoms with E-state index in [1.54, 1.807) is 13.1 Å². The lowest BCUT2D eigenvalue weighted by Gasteiger charge is -2.07. The van der Waals surface area contributed by atoms with Crippen LogP contribution in [0.3, 0.4) is 0 Å². The Hall–Kier alpha value is -2.28. The van der Waals surface area contributed by atoms with E-state index in [1.165, 1.54) is 29.1 Å². The SMILES string of the molecule is Cn1nccc1C(=O)Nc1ccc(C(N)=S)cc1F. The van der Waals surface area contributed by atoms with Crippen molar-refractivity contribution in [2.24, 2.45) is 12.8 Å². The summed E-state index contributed by atoms with van der Waals surface area (Å²) in [6, 6.07) is 5.68. The summed E-state index contributed by atoms with van der Waals surface area (Å²) >= 11 is 4.75. The van der Waals surface area contributed by atoms with Gasteiger partial charge in [-0.15, -0.1) is 0 Å². The number of nitrogens with two attached hydrogens (primary N) is 1. The molecule has 3 N–H and O–H groups in total. The van der Waals surface area contributed by atoms with E-state index < -0.39 is 11.7 Å². The Morgan fingerprint density at radius 1 is 1.47 bits per heavy atom. The van der Waals surface area contributed by atoms with E-state index in [4.69, 9.17) is 18.0 Å². The summed E-state index contributed by atoms with van der Waals surface area (Å²) < 4.78 is 15.2. The van der Waals surface area contributed by atoms with Gasteiger partial charge >= 0.3 is 0 Å². The molecule has 0 spiro atoms. The average Bonchev–Trinajstić information content (AvgIpc) is 2.77. The Balaban J connectivity index is 2.23. The van der Waals surface area contributed by atoms with Crippen LogP contribution in [0.25, 0.3) is 0 Å². The van der Waals surface area contributed by atoms with Crippen molar-refractivity contribution in [2.75, 3.05) is 5.32 Å². The Labute approximate surface area is 114 Å². The molecule has 0 saturated carbocycles. The molecule has 19 heavy (non-hydrogen) atoms. The predicted molar refractivity (Wildman–Crippen MR) is 73.4 cm³/mol. The molecule has 0 aliphatic rings.